The lowest BCUT2D eigenvalue weighted by molar-refractivity contribution is 0.173. The first-order chi connectivity index (χ1) is 14.1. The van der Waals surface area contributed by atoms with Crippen molar-refractivity contribution in [2.45, 2.75) is 84.7 Å². The zero-order valence-electron chi connectivity index (χ0n) is 18.5. The smallest absolute Gasteiger partial charge is 0.137 e. The number of benzene rings is 1. The molecule has 0 aliphatic rings. The molecule has 0 fully saturated rings. The Kier molecular flexibility index (Phi) is 10.8. The topological polar surface area (TPSA) is 22.1 Å². The van der Waals surface area contributed by atoms with Crippen molar-refractivity contribution >= 4 is 0 Å². The highest BCUT2D eigenvalue weighted by Crippen LogP contribution is 2.21. The largest absolute Gasteiger partial charge is 0.489 e. The molecule has 1 aromatic carbocycles. The van der Waals surface area contributed by atoms with Crippen LogP contribution in [0.4, 0.5) is 4.39 Å². The fourth-order valence-corrected chi connectivity index (χ4v) is 3.53. The lowest BCUT2D eigenvalue weighted by Gasteiger charge is -2.12. The average molecular weight is 400 g/mol. The van der Waals surface area contributed by atoms with Crippen LogP contribution >= 0.6 is 0 Å². The van der Waals surface area contributed by atoms with Gasteiger partial charge in [0.05, 0.1) is 11.9 Å². The SMILES string of the molecule is CCCCCCCCCc1ccc(-c2ccc(OCC(F)CC(C)C)cn2)cc1. The summed E-state index contributed by atoms with van der Waals surface area (Å²) >= 11 is 0. The van der Waals surface area contributed by atoms with E-state index in [0.717, 1.165) is 17.7 Å². The highest BCUT2D eigenvalue weighted by molar-refractivity contribution is 5.59. The van der Waals surface area contributed by atoms with Gasteiger partial charge in [-0.3, -0.25) is 4.98 Å². The Labute approximate surface area is 176 Å². The zero-order valence-corrected chi connectivity index (χ0v) is 18.5. The second-order valence-electron chi connectivity index (χ2n) is 8.49. The molecule has 0 aliphatic carbocycles. The van der Waals surface area contributed by atoms with Crippen LogP contribution in [0, 0.1) is 5.92 Å². The third kappa shape index (κ3) is 9.43. The summed E-state index contributed by atoms with van der Waals surface area (Å²) in [4.78, 5) is 4.48. The van der Waals surface area contributed by atoms with Gasteiger partial charge in [0, 0.05) is 5.56 Å². The van der Waals surface area contributed by atoms with Crippen molar-refractivity contribution < 1.29 is 9.13 Å². The van der Waals surface area contributed by atoms with Crippen LogP contribution in [0.15, 0.2) is 42.6 Å². The molecule has 2 rings (SSSR count). The van der Waals surface area contributed by atoms with E-state index in [2.05, 4.69) is 36.2 Å². The molecule has 2 nitrogen and oxygen atoms in total. The normalized spacial score (nSPS) is 12.3. The second kappa shape index (κ2) is 13.3. The molecule has 0 radical (unpaired) electrons. The number of aryl methyl sites for hydroxylation is 1. The summed E-state index contributed by atoms with van der Waals surface area (Å²) in [6.07, 6.45) is 11.8. The van der Waals surface area contributed by atoms with Crippen molar-refractivity contribution in [3.63, 3.8) is 0 Å². The summed E-state index contributed by atoms with van der Waals surface area (Å²) in [5.74, 6) is 0.957. The molecule has 0 N–H and O–H groups in total. The molecule has 0 spiro atoms. The highest BCUT2D eigenvalue weighted by Gasteiger charge is 2.10. The molecule has 2 aromatic rings. The van der Waals surface area contributed by atoms with E-state index < -0.39 is 6.17 Å². The minimum Gasteiger partial charge on any atom is -0.489 e. The van der Waals surface area contributed by atoms with Gasteiger partial charge in [0.25, 0.3) is 0 Å². The van der Waals surface area contributed by atoms with E-state index in [1.165, 1.54) is 50.5 Å². The lowest BCUT2D eigenvalue weighted by Crippen LogP contribution is -2.15. The number of nitrogens with zero attached hydrogens (tertiary/aromatic N) is 1. The monoisotopic (exact) mass is 399 g/mol. The van der Waals surface area contributed by atoms with E-state index in [1.807, 2.05) is 26.0 Å². The number of hydrogen-bond donors (Lipinski definition) is 0. The van der Waals surface area contributed by atoms with Crippen molar-refractivity contribution in [1.29, 1.82) is 0 Å². The first kappa shape index (κ1) is 23.4. The first-order valence-corrected chi connectivity index (χ1v) is 11.4. The number of ether oxygens (including phenoxy) is 1. The van der Waals surface area contributed by atoms with Gasteiger partial charge < -0.3 is 4.74 Å². The van der Waals surface area contributed by atoms with E-state index in [4.69, 9.17) is 4.74 Å². The summed E-state index contributed by atoms with van der Waals surface area (Å²) in [5.41, 5.74) is 3.41. The maximum Gasteiger partial charge on any atom is 0.137 e. The molecule has 1 heterocycles. The molecular formula is C26H38FNO. The van der Waals surface area contributed by atoms with Gasteiger partial charge in [-0.05, 0) is 42.9 Å². The molecule has 0 aliphatic heterocycles. The predicted molar refractivity (Wildman–Crippen MR) is 121 cm³/mol. The van der Waals surface area contributed by atoms with E-state index in [9.17, 15) is 4.39 Å². The van der Waals surface area contributed by atoms with Crippen LogP contribution in [0.5, 0.6) is 5.75 Å². The van der Waals surface area contributed by atoms with Crippen molar-refractivity contribution in [2.75, 3.05) is 6.61 Å². The first-order valence-electron chi connectivity index (χ1n) is 11.4. The van der Waals surface area contributed by atoms with Crippen molar-refractivity contribution in [2.24, 2.45) is 5.92 Å². The fraction of sp³-hybridized carbons (Fsp3) is 0.577. The van der Waals surface area contributed by atoms with Gasteiger partial charge in [-0.15, -0.1) is 0 Å². The van der Waals surface area contributed by atoms with E-state index in [0.29, 0.717) is 18.1 Å². The fourth-order valence-electron chi connectivity index (χ4n) is 3.53. The van der Waals surface area contributed by atoms with Crippen LogP contribution in [-0.4, -0.2) is 17.8 Å². The molecule has 0 bridgehead atoms. The Morgan fingerprint density at radius 1 is 0.897 bits per heavy atom. The van der Waals surface area contributed by atoms with Crippen LogP contribution < -0.4 is 4.74 Å². The molecular weight excluding hydrogens is 361 g/mol. The molecule has 1 aromatic heterocycles. The Bertz CT molecular complexity index is 666. The highest BCUT2D eigenvalue weighted by atomic mass is 19.1. The third-order valence-corrected chi connectivity index (χ3v) is 5.21. The minimum absolute atomic E-state index is 0.0898. The lowest BCUT2D eigenvalue weighted by atomic mass is 10.0. The van der Waals surface area contributed by atoms with Crippen molar-refractivity contribution in [1.82, 2.24) is 4.98 Å². The molecule has 3 heteroatoms. The average Bonchev–Trinajstić information content (AvgIpc) is 2.72. The molecule has 29 heavy (non-hydrogen) atoms. The molecule has 1 atom stereocenters. The Balaban J connectivity index is 1.74. The summed E-state index contributed by atoms with van der Waals surface area (Å²) in [6, 6.07) is 12.5. The number of aromatic nitrogens is 1. The van der Waals surface area contributed by atoms with Crippen LogP contribution in [0.3, 0.4) is 0 Å². The third-order valence-electron chi connectivity index (χ3n) is 5.21. The number of rotatable bonds is 14. The molecule has 0 amide bonds. The second-order valence-corrected chi connectivity index (χ2v) is 8.49. The van der Waals surface area contributed by atoms with Gasteiger partial charge >= 0.3 is 0 Å². The van der Waals surface area contributed by atoms with Crippen LogP contribution in [0.2, 0.25) is 0 Å². The van der Waals surface area contributed by atoms with Gasteiger partial charge in [-0.2, -0.15) is 0 Å². The molecule has 0 saturated heterocycles. The van der Waals surface area contributed by atoms with Crippen LogP contribution in [-0.2, 0) is 6.42 Å². The number of pyridine rings is 1. The van der Waals surface area contributed by atoms with Gasteiger partial charge in [0.15, 0.2) is 0 Å². The van der Waals surface area contributed by atoms with Gasteiger partial charge in [0.1, 0.15) is 18.5 Å². The standard InChI is InChI=1S/C26H38FNO/c1-4-5-6-7-8-9-10-11-22-12-14-23(15-13-22)26-17-16-25(19-28-26)29-20-24(27)18-21(2)3/h12-17,19,21,24H,4-11,18,20H2,1-3H3. The summed E-state index contributed by atoms with van der Waals surface area (Å²) in [7, 11) is 0. The van der Waals surface area contributed by atoms with Crippen molar-refractivity contribution in [3.8, 4) is 17.0 Å². The summed E-state index contributed by atoms with van der Waals surface area (Å²) in [6.45, 7) is 6.38. The van der Waals surface area contributed by atoms with E-state index in [-0.39, 0.29) is 6.61 Å². The number of hydrogen-bond acceptors (Lipinski definition) is 2. The number of alkyl halides is 1. The summed E-state index contributed by atoms with van der Waals surface area (Å²) in [5, 5.41) is 0. The van der Waals surface area contributed by atoms with E-state index in [1.54, 1.807) is 6.20 Å². The summed E-state index contributed by atoms with van der Waals surface area (Å²) < 4.78 is 19.3. The van der Waals surface area contributed by atoms with Crippen LogP contribution in [0.25, 0.3) is 11.3 Å². The van der Waals surface area contributed by atoms with Gasteiger partial charge in [-0.1, -0.05) is 83.6 Å². The maximum atomic E-state index is 13.8. The minimum atomic E-state index is -0.932. The Morgan fingerprint density at radius 2 is 1.59 bits per heavy atom. The quantitative estimate of drug-likeness (QED) is 0.302. The van der Waals surface area contributed by atoms with Gasteiger partial charge in [-0.25, -0.2) is 4.39 Å². The predicted octanol–water partition coefficient (Wildman–Crippen LogP) is 7.80. The molecule has 160 valence electrons. The Morgan fingerprint density at radius 3 is 2.21 bits per heavy atom. The Hall–Kier alpha value is -1.90. The number of unbranched alkanes of at least 4 members (excludes halogenated alkanes) is 6. The zero-order chi connectivity index (χ0) is 20.9. The van der Waals surface area contributed by atoms with E-state index >= 15 is 0 Å². The van der Waals surface area contributed by atoms with Crippen LogP contribution in [0.1, 0.15) is 77.7 Å². The van der Waals surface area contributed by atoms with Crippen molar-refractivity contribution in [3.05, 3.63) is 48.2 Å². The maximum absolute atomic E-state index is 13.8. The molecule has 0 saturated carbocycles. The molecule has 1 unspecified atom stereocenters. The van der Waals surface area contributed by atoms with Gasteiger partial charge in [0.2, 0.25) is 0 Å². The number of halogens is 1.